The number of terminal acetylenes is 1. The molecule has 3 nitrogen and oxygen atoms in total. The van der Waals surface area contributed by atoms with Gasteiger partial charge in [0.2, 0.25) is 0 Å². The first kappa shape index (κ1) is 19.9. The molecule has 0 saturated heterocycles. The Morgan fingerprint density at radius 3 is 2.48 bits per heavy atom. The lowest BCUT2D eigenvalue weighted by Gasteiger charge is -2.38. The molecule has 0 aliphatic rings. The van der Waals surface area contributed by atoms with Crippen molar-refractivity contribution in [3.8, 4) is 12.3 Å². The molecule has 21 heavy (non-hydrogen) atoms. The molecule has 0 aromatic carbocycles. The number of unbranched alkanes of at least 4 members (excludes halogenated alkanes) is 1. The highest BCUT2D eigenvalue weighted by atomic mass is 28.4. The van der Waals surface area contributed by atoms with Gasteiger partial charge in [0.25, 0.3) is 0 Å². The maximum atomic E-state index is 11.5. The first-order valence-corrected chi connectivity index (χ1v) is 10.5. The van der Waals surface area contributed by atoms with Gasteiger partial charge in [-0.2, -0.15) is 0 Å². The van der Waals surface area contributed by atoms with Gasteiger partial charge in [-0.1, -0.05) is 20.8 Å². The van der Waals surface area contributed by atoms with Crippen LogP contribution in [0.1, 0.15) is 47.0 Å². The second kappa shape index (κ2) is 9.06. The van der Waals surface area contributed by atoms with Gasteiger partial charge >= 0.3 is 5.97 Å². The Balaban J connectivity index is 4.82. The molecule has 4 heteroatoms. The topological polar surface area (TPSA) is 35.5 Å². The average Bonchev–Trinajstić information content (AvgIpc) is 2.34. The summed E-state index contributed by atoms with van der Waals surface area (Å²) in [6.45, 7) is 13.2. The second-order valence-electron chi connectivity index (χ2n) is 6.62. The molecule has 0 aliphatic carbocycles. The van der Waals surface area contributed by atoms with Crippen molar-refractivity contribution in [3.63, 3.8) is 0 Å². The summed E-state index contributed by atoms with van der Waals surface area (Å²) in [5.41, 5.74) is 0. The maximum Gasteiger partial charge on any atom is 0.330 e. The van der Waals surface area contributed by atoms with E-state index >= 15 is 0 Å². The molecule has 120 valence electrons. The molecule has 0 amide bonds. The molecule has 1 atom stereocenters. The summed E-state index contributed by atoms with van der Waals surface area (Å²) in [5.74, 6) is 2.32. The molecule has 0 bridgehead atoms. The summed E-state index contributed by atoms with van der Waals surface area (Å²) in [6, 6.07) is 0. The number of hydrogen-bond donors (Lipinski definition) is 0. The van der Waals surface area contributed by atoms with Crippen molar-refractivity contribution in [1.29, 1.82) is 0 Å². The predicted molar refractivity (Wildman–Crippen MR) is 90.5 cm³/mol. The van der Waals surface area contributed by atoms with Gasteiger partial charge in [0.05, 0.1) is 12.7 Å². The highest BCUT2D eigenvalue weighted by Crippen LogP contribution is 2.37. The summed E-state index contributed by atoms with van der Waals surface area (Å²) >= 11 is 0. The van der Waals surface area contributed by atoms with Crippen molar-refractivity contribution >= 4 is 14.3 Å². The summed E-state index contributed by atoms with van der Waals surface area (Å²) < 4.78 is 11.3. The van der Waals surface area contributed by atoms with Gasteiger partial charge < -0.3 is 9.16 Å². The number of carbonyl (C=O) groups is 1. The summed E-state index contributed by atoms with van der Waals surface area (Å²) in [5, 5.41) is 0.134. The predicted octanol–water partition coefficient (Wildman–Crippen LogP) is 4.30. The van der Waals surface area contributed by atoms with E-state index < -0.39 is 8.32 Å². The van der Waals surface area contributed by atoms with Crippen LogP contribution < -0.4 is 0 Å². The summed E-state index contributed by atoms with van der Waals surface area (Å²) in [6.07, 6.45) is 10.9. The maximum absolute atomic E-state index is 11.5. The minimum atomic E-state index is -1.87. The van der Waals surface area contributed by atoms with E-state index in [0.29, 0.717) is 6.61 Å². The van der Waals surface area contributed by atoms with E-state index in [1.807, 2.05) is 6.08 Å². The molecule has 0 radical (unpaired) electrons. The molecule has 0 N–H and O–H groups in total. The average molecular weight is 311 g/mol. The number of rotatable bonds is 8. The first-order valence-electron chi connectivity index (χ1n) is 7.60. The SMILES string of the molecule is C#CCCCC(/C=C/C(=O)OCC)O[Si](C)(C)C(C)(C)C. The van der Waals surface area contributed by atoms with Gasteiger partial charge in [0.15, 0.2) is 8.32 Å². The lowest BCUT2D eigenvalue weighted by atomic mass is 10.1. The zero-order valence-corrected chi connectivity index (χ0v) is 15.4. The van der Waals surface area contributed by atoms with Gasteiger partial charge in [-0.3, -0.25) is 0 Å². The molecule has 0 aliphatic heterocycles. The van der Waals surface area contributed by atoms with Crippen LogP contribution in [-0.4, -0.2) is 27.0 Å². The molecule has 0 saturated carbocycles. The van der Waals surface area contributed by atoms with Crippen molar-refractivity contribution in [1.82, 2.24) is 0 Å². The van der Waals surface area contributed by atoms with Crippen molar-refractivity contribution in [3.05, 3.63) is 12.2 Å². The zero-order valence-electron chi connectivity index (χ0n) is 14.4. The Bertz CT molecular complexity index is 386. The number of esters is 1. The summed E-state index contributed by atoms with van der Waals surface area (Å²) in [4.78, 5) is 11.5. The molecule has 0 rings (SSSR count). The summed E-state index contributed by atoms with van der Waals surface area (Å²) in [7, 11) is -1.87. The van der Waals surface area contributed by atoms with Crippen molar-refractivity contribution in [2.24, 2.45) is 0 Å². The monoisotopic (exact) mass is 310 g/mol. The number of ether oxygens (including phenoxy) is 1. The van der Waals surface area contributed by atoms with Crippen LogP contribution in [0.4, 0.5) is 0 Å². The highest BCUT2D eigenvalue weighted by Gasteiger charge is 2.38. The van der Waals surface area contributed by atoms with Gasteiger partial charge in [-0.25, -0.2) is 4.79 Å². The third-order valence-corrected chi connectivity index (χ3v) is 8.30. The Morgan fingerprint density at radius 1 is 1.38 bits per heavy atom. The van der Waals surface area contributed by atoms with E-state index in [4.69, 9.17) is 15.6 Å². The quantitative estimate of drug-likeness (QED) is 0.220. The van der Waals surface area contributed by atoms with Gasteiger partial charge in [-0.05, 0) is 44.0 Å². The molecule has 0 spiro atoms. The van der Waals surface area contributed by atoms with Crippen LogP contribution in [-0.2, 0) is 14.0 Å². The molecule has 1 unspecified atom stereocenters. The van der Waals surface area contributed by atoms with Crippen molar-refractivity contribution < 1.29 is 14.0 Å². The van der Waals surface area contributed by atoms with Gasteiger partial charge in [0, 0.05) is 12.5 Å². The smallest absolute Gasteiger partial charge is 0.330 e. The van der Waals surface area contributed by atoms with E-state index in [9.17, 15) is 4.79 Å². The number of carbonyl (C=O) groups excluding carboxylic acids is 1. The zero-order chi connectivity index (χ0) is 16.5. The Labute approximate surface area is 131 Å². The molecular formula is C17H30O3Si. The van der Waals surface area contributed by atoms with Crippen molar-refractivity contribution in [2.75, 3.05) is 6.61 Å². The molecule has 0 aromatic rings. The third-order valence-electron chi connectivity index (χ3n) is 3.80. The largest absolute Gasteiger partial charge is 0.463 e. The van der Waals surface area contributed by atoms with E-state index in [2.05, 4.69) is 39.8 Å². The van der Waals surface area contributed by atoms with Crippen LogP contribution in [0, 0.1) is 12.3 Å². The lowest BCUT2D eigenvalue weighted by Crippen LogP contribution is -2.43. The van der Waals surface area contributed by atoms with Crippen LogP contribution in [0.25, 0.3) is 0 Å². The minimum absolute atomic E-state index is 0.0800. The Hall–Kier alpha value is -1.05. The van der Waals surface area contributed by atoms with E-state index in [1.165, 1.54) is 6.08 Å². The molecule has 0 heterocycles. The van der Waals surface area contributed by atoms with Gasteiger partial charge in [0.1, 0.15) is 0 Å². The first-order chi connectivity index (χ1) is 9.64. The van der Waals surface area contributed by atoms with Gasteiger partial charge in [-0.15, -0.1) is 12.3 Å². The molecular weight excluding hydrogens is 280 g/mol. The molecule has 0 fully saturated rings. The van der Waals surface area contributed by atoms with Crippen LogP contribution in [0.3, 0.4) is 0 Å². The van der Waals surface area contributed by atoms with Crippen LogP contribution in [0.2, 0.25) is 18.1 Å². The van der Waals surface area contributed by atoms with Crippen LogP contribution >= 0.6 is 0 Å². The standard InChI is InChI=1S/C17H30O3Si/c1-8-10-11-12-15(13-14-16(18)19-9-2)20-21(6,7)17(3,4)5/h1,13-15H,9-12H2,2-7H3/b14-13+. The Morgan fingerprint density at radius 2 is 2.00 bits per heavy atom. The lowest BCUT2D eigenvalue weighted by molar-refractivity contribution is -0.137. The third kappa shape index (κ3) is 8.08. The van der Waals surface area contributed by atoms with E-state index in [1.54, 1.807) is 6.92 Å². The molecule has 0 aromatic heterocycles. The fourth-order valence-corrected chi connectivity index (χ4v) is 2.84. The van der Waals surface area contributed by atoms with Crippen LogP contribution in [0.15, 0.2) is 12.2 Å². The fraction of sp³-hybridized carbons (Fsp3) is 0.706. The minimum Gasteiger partial charge on any atom is -0.463 e. The highest BCUT2D eigenvalue weighted by molar-refractivity contribution is 6.74. The van der Waals surface area contributed by atoms with Crippen molar-refractivity contribution in [2.45, 2.75) is 71.2 Å². The Kier molecular flexibility index (Phi) is 8.61. The number of hydrogen-bond acceptors (Lipinski definition) is 3. The van der Waals surface area contributed by atoms with Crippen LogP contribution in [0.5, 0.6) is 0 Å². The normalized spacial score (nSPS) is 14.0. The second-order valence-corrected chi connectivity index (χ2v) is 11.4. The van der Waals surface area contributed by atoms with E-state index in [-0.39, 0.29) is 17.1 Å². The van der Waals surface area contributed by atoms with E-state index in [0.717, 1.165) is 19.3 Å². The fourth-order valence-electron chi connectivity index (χ4n) is 1.53.